The van der Waals surface area contributed by atoms with Crippen LogP contribution in [0.2, 0.25) is 0 Å². The molecule has 120 valence electrons. The van der Waals surface area contributed by atoms with Crippen molar-refractivity contribution in [2.45, 2.75) is 83.8 Å². The van der Waals surface area contributed by atoms with Crippen molar-refractivity contribution < 1.29 is 10.2 Å². The van der Waals surface area contributed by atoms with Gasteiger partial charge in [-0.1, -0.05) is 20.3 Å². The largest absolute Gasteiger partial charge is 0.393 e. The van der Waals surface area contributed by atoms with Crippen LogP contribution in [0.5, 0.6) is 0 Å². The molecule has 0 aromatic rings. The first-order chi connectivity index (χ1) is 9.94. The third-order valence-electron chi connectivity index (χ3n) is 8.34. The minimum absolute atomic E-state index is 0.0860. The Balaban J connectivity index is 1.67. The maximum absolute atomic E-state index is 11.0. The van der Waals surface area contributed by atoms with Crippen molar-refractivity contribution in [1.82, 2.24) is 0 Å². The van der Waals surface area contributed by atoms with Crippen LogP contribution in [0.25, 0.3) is 0 Å². The van der Waals surface area contributed by atoms with Crippen molar-refractivity contribution >= 4 is 0 Å². The van der Waals surface area contributed by atoms with Crippen LogP contribution < -0.4 is 0 Å². The molecule has 8 atom stereocenters. The van der Waals surface area contributed by atoms with E-state index in [1.807, 2.05) is 0 Å². The normalized spacial score (nSPS) is 60.0. The van der Waals surface area contributed by atoms with Crippen LogP contribution in [-0.4, -0.2) is 22.4 Å². The zero-order valence-electron chi connectivity index (χ0n) is 13.7. The molecular formula is C19H32O2. The summed E-state index contributed by atoms with van der Waals surface area (Å²) in [6, 6.07) is 0. The van der Waals surface area contributed by atoms with Gasteiger partial charge in [-0.25, -0.2) is 0 Å². The molecule has 4 saturated carbocycles. The molecular weight excluding hydrogens is 260 g/mol. The molecule has 0 amide bonds. The summed E-state index contributed by atoms with van der Waals surface area (Å²) in [6.07, 6.45) is 10.6. The molecule has 21 heavy (non-hydrogen) atoms. The molecule has 4 rings (SSSR count). The van der Waals surface area contributed by atoms with Gasteiger partial charge < -0.3 is 10.2 Å². The van der Waals surface area contributed by atoms with Gasteiger partial charge in [-0.15, -0.1) is 0 Å². The lowest BCUT2D eigenvalue weighted by atomic mass is 9.44. The molecule has 0 radical (unpaired) electrons. The third kappa shape index (κ3) is 1.97. The molecule has 4 aliphatic rings. The Labute approximate surface area is 129 Å². The van der Waals surface area contributed by atoms with E-state index in [1.165, 1.54) is 32.1 Å². The van der Waals surface area contributed by atoms with E-state index in [9.17, 15) is 10.2 Å². The molecule has 0 aliphatic heterocycles. The monoisotopic (exact) mass is 292 g/mol. The topological polar surface area (TPSA) is 40.5 Å². The summed E-state index contributed by atoms with van der Waals surface area (Å²) in [5.41, 5.74) is 0.698. The Morgan fingerprint density at radius 2 is 1.76 bits per heavy atom. The van der Waals surface area contributed by atoms with E-state index in [-0.39, 0.29) is 17.6 Å². The fraction of sp³-hybridized carbons (Fsp3) is 1.00. The Morgan fingerprint density at radius 3 is 2.57 bits per heavy atom. The number of hydrogen-bond acceptors (Lipinski definition) is 2. The van der Waals surface area contributed by atoms with Gasteiger partial charge in [0, 0.05) is 0 Å². The van der Waals surface area contributed by atoms with Crippen LogP contribution in [0.3, 0.4) is 0 Å². The molecule has 4 fully saturated rings. The van der Waals surface area contributed by atoms with Crippen LogP contribution in [0.4, 0.5) is 0 Å². The van der Waals surface area contributed by atoms with E-state index in [2.05, 4.69) is 13.8 Å². The lowest BCUT2D eigenvalue weighted by Gasteiger charge is -2.61. The highest BCUT2D eigenvalue weighted by Gasteiger charge is 2.60. The summed E-state index contributed by atoms with van der Waals surface area (Å²) in [7, 11) is 0. The number of aliphatic hydroxyl groups excluding tert-OH is 2. The van der Waals surface area contributed by atoms with E-state index in [4.69, 9.17) is 0 Å². The minimum Gasteiger partial charge on any atom is -0.393 e. The molecule has 2 nitrogen and oxygen atoms in total. The summed E-state index contributed by atoms with van der Waals surface area (Å²) >= 11 is 0. The summed E-state index contributed by atoms with van der Waals surface area (Å²) < 4.78 is 0. The Kier molecular flexibility index (Phi) is 3.25. The van der Waals surface area contributed by atoms with Crippen molar-refractivity contribution in [2.24, 2.45) is 34.5 Å². The van der Waals surface area contributed by atoms with Gasteiger partial charge in [0.25, 0.3) is 0 Å². The lowest BCUT2D eigenvalue weighted by Crippen LogP contribution is -2.58. The van der Waals surface area contributed by atoms with Crippen molar-refractivity contribution in [3.05, 3.63) is 0 Å². The average Bonchev–Trinajstić information content (AvgIpc) is 2.80. The highest BCUT2D eigenvalue weighted by molar-refractivity contribution is 5.10. The Morgan fingerprint density at radius 1 is 0.952 bits per heavy atom. The Hall–Kier alpha value is -0.0800. The summed E-state index contributed by atoms with van der Waals surface area (Å²) in [5.74, 6) is 2.75. The first kappa shape index (κ1) is 14.5. The Bertz CT molecular complexity index is 422. The summed E-state index contributed by atoms with van der Waals surface area (Å²) in [4.78, 5) is 0. The van der Waals surface area contributed by atoms with Crippen molar-refractivity contribution in [3.63, 3.8) is 0 Å². The maximum atomic E-state index is 11.0. The van der Waals surface area contributed by atoms with Crippen LogP contribution >= 0.6 is 0 Å². The van der Waals surface area contributed by atoms with Gasteiger partial charge in [-0.2, -0.15) is 0 Å². The number of aliphatic hydroxyl groups is 2. The van der Waals surface area contributed by atoms with Crippen LogP contribution in [0, 0.1) is 34.5 Å². The first-order valence-electron chi connectivity index (χ1n) is 9.30. The molecule has 0 aromatic carbocycles. The molecule has 0 spiro atoms. The zero-order chi connectivity index (χ0) is 14.8. The SMILES string of the molecule is C[C@@]12CCC[C@H]1[C@@H]1CC[C@@H]3C[C@H](O)CC[C@]3(C)[C@H]1[C@@H](O)C2. The van der Waals surface area contributed by atoms with Gasteiger partial charge in [0.15, 0.2) is 0 Å². The van der Waals surface area contributed by atoms with Gasteiger partial charge in [-0.3, -0.25) is 0 Å². The van der Waals surface area contributed by atoms with Crippen LogP contribution in [0.1, 0.15) is 71.6 Å². The third-order valence-corrected chi connectivity index (χ3v) is 8.34. The van der Waals surface area contributed by atoms with E-state index in [0.29, 0.717) is 17.3 Å². The van der Waals surface area contributed by atoms with Crippen LogP contribution in [-0.2, 0) is 0 Å². The van der Waals surface area contributed by atoms with E-state index in [0.717, 1.165) is 37.5 Å². The minimum atomic E-state index is -0.0996. The molecule has 0 bridgehead atoms. The van der Waals surface area contributed by atoms with Crippen LogP contribution in [0.15, 0.2) is 0 Å². The highest BCUT2D eigenvalue weighted by Crippen LogP contribution is 2.66. The quantitative estimate of drug-likeness (QED) is 0.714. The highest BCUT2D eigenvalue weighted by atomic mass is 16.3. The zero-order valence-corrected chi connectivity index (χ0v) is 13.7. The van der Waals surface area contributed by atoms with E-state index >= 15 is 0 Å². The second-order valence-corrected chi connectivity index (χ2v) is 9.32. The second-order valence-electron chi connectivity index (χ2n) is 9.32. The molecule has 4 aliphatic carbocycles. The van der Waals surface area contributed by atoms with E-state index in [1.54, 1.807) is 0 Å². The first-order valence-corrected chi connectivity index (χ1v) is 9.30. The van der Waals surface area contributed by atoms with Gasteiger partial charge in [0.1, 0.15) is 0 Å². The van der Waals surface area contributed by atoms with Gasteiger partial charge in [0.05, 0.1) is 12.2 Å². The standard InChI is InChI=1S/C19H32O2/c1-18-8-3-4-15(18)14-6-5-12-10-13(20)7-9-19(12,2)17(14)16(21)11-18/h12-17,20-21H,3-11H2,1-2H3/t12-,13-,14+,15+,16+,17-,18+,19+/m1/s1. The van der Waals surface area contributed by atoms with Crippen molar-refractivity contribution in [1.29, 1.82) is 0 Å². The predicted molar refractivity (Wildman–Crippen MR) is 83.7 cm³/mol. The van der Waals surface area contributed by atoms with Gasteiger partial charge in [-0.05, 0) is 85.9 Å². The predicted octanol–water partition coefficient (Wildman–Crippen LogP) is 3.75. The maximum Gasteiger partial charge on any atom is 0.0581 e. The molecule has 0 saturated heterocycles. The molecule has 2 heteroatoms. The van der Waals surface area contributed by atoms with Gasteiger partial charge in [0.2, 0.25) is 0 Å². The number of rotatable bonds is 0. The second kappa shape index (κ2) is 4.71. The molecule has 0 heterocycles. The lowest BCUT2D eigenvalue weighted by molar-refractivity contribution is -0.171. The number of hydrogen-bond donors (Lipinski definition) is 2. The smallest absolute Gasteiger partial charge is 0.0581 e. The molecule has 0 aromatic heterocycles. The summed E-state index contributed by atoms with van der Waals surface area (Å²) in [6.45, 7) is 4.89. The van der Waals surface area contributed by atoms with E-state index < -0.39 is 0 Å². The van der Waals surface area contributed by atoms with Crippen molar-refractivity contribution in [2.75, 3.05) is 0 Å². The molecule has 0 unspecified atom stereocenters. The summed E-state index contributed by atoms with van der Waals surface area (Å²) in [5, 5.41) is 21.1. The van der Waals surface area contributed by atoms with Gasteiger partial charge >= 0.3 is 0 Å². The average molecular weight is 292 g/mol. The number of fused-ring (bicyclic) bond motifs is 5. The fourth-order valence-electron chi connectivity index (χ4n) is 7.37. The van der Waals surface area contributed by atoms with Crippen molar-refractivity contribution in [3.8, 4) is 0 Å². The molecule has 2 N–H and O–H groups in total. The fourth-order valence-corrected chi connectivity index (χ4v) is 7.37.